The van der Waals surface area contributed by atoms with Gasteiger partial charge in [-0.05, 0) is 25.8 Å². The summed E-state index contributed by atoms with van der Waals surface area (Å²) in [4.78, 5) is 41.8. The fraction of sp³-hybridized carbons (Fsp3) is 0.571. The van der Waals surface area contributed by atoms with Crippen LogP contribution in [0.5, 0.6) is 5.75 Å². The number of hydrogen-bond acceptors (Lipinski definition) is 4. The van der Waals surface area contributed by atoms with E-state index in [0.717, 1.165) is 30.6 Å². The summed E-state index contributed by atoms with van der Waals surface area (Å²) in [5, 5.41) is 2.85. The van der Waals surface area contributed by atoms with E-state index in [1.54, 1.807) is 12.1 Å². The van der Waals surface area contributed by atoms with Crippen LogP contribution in [-0.4, -0.2) is 53.4 Å². The highest BCUT2D eigenvalue weighted by atomic mass is 16.5. The van der Waals surface area contributed by atoms with E-state index in [2.05, 4.69) is 5.32 Å². The molecule has 7 heteroatoms. The minimum atomic E-state index is -1.13. The van der Waals surface area contributed by atoms with Crippen LogP contribution in [0.3, 0.4) is 0 Å². The van der Waals surface area contributed by atoms with Crippen molar-refractivity contribution in [3.05, 3.63) is 29.8 Å². The van der Waals surface area contributed by atoms with Gasteiger partial charge >= 0.3 is 6.03 Å². The van der Waals surface area contributed by atoms with Gasteiger partial charge in [-0.15, -0.1) is 0 Å². The van der Waals surface area contributed by atoms with Crippen molar-refractivity contribution in [1.82, 2.24) is 15.1 Å². The van der Waals surface area contributed by atoms with Crippen LogP contribution >= 0.6 is 0 Å². The molecule has 28 heavy (non-hydrogen) atoms. The largest absolute Gasteiger partial charge is 0.493 e. The first kappa shape index (κ1) is 18.8. The van der Waals surface area contributed by atoms with Gasteiger partial charge in [0.2, 0.25) is 5.91 Å². The summed E-state index contributed by atoms with van der Waals surface area (Å²) in [6.45, 7) is 2.68. The number of hydrogen-bond donors (Lipinski definition) is 1. The van der Waals surface area contributed by atoms with Crippen molar-refractivity contribution in [2.45, 2.75) is 57.0 Å². The van der Waals surface area contributed by atoms with E-state index >= 15 is 0 Å². The van der Waals surface area contributed by atoms with Gasteiger partial charge in [-0.1, -0.05) is 37.5 Å². The lowest BCUT2D eigenvalue weighted by Crippen LogP contribution is -2.49. The number of carbonyl (C=O) groups is 3. The summed E-state index contributed by atoms with van der Waals surface area (Å²) in [6.07, 6.45) is 5.80. The molecule has 4 rings (SSSR count). The summed E-state index contributed by atoms with van der Waals surface area (Å²) in [6, 6.07) is 6.97. The number of amides is 4. The SMILES string of the molecule is CCN(C(=O)CN1C(=O)NC2(CCOc3ccccc32)C1=O)C1CCCCC1. The number of fused-ring (bicyclic) bond motifs is 2. The maximum Gasteiger partial charge on any atom is 0.325 e. The summed E-state index contributed by atoms with van der Waals surface area (Å²) in [5.74, 6) is 0.0876. The molecule has 4 amide bonds. The smallest absolute Gasteiger partial charge is 0.325 e. The zero-order chi connectivity index (χ0) is 19.7. The second kappa shape index (κ2) is 7.45. The first-order valence-electron chi connectivity index (χ1n) is 10.2. The Labute approximate surface area is 165 Å². The van der Waals surface area contributed by atoms with Crippen molar-refractivity contribution in [2.75, 3.05) is 19.7 Å². The van der Waals surface area contributed by atoms with Crippen molar-refractivity contribution in [2.24, 2.45) is 0 Å². The first-order chi connectivity index (χ1) is 13.6. The third-order valence-electron chi connectivity index (χ3n) is 6.23. The normalized spacial score (nSPS) is 24.7. The van der Waals surface area contributed by atoms with Gasteiger partial charge in [0.15, 0.2) is 5.54 Å². The Hall–Kier alpha value is -2.57. The Kier molecular flexibility index (Phi) is 5.00. The number of urea groups is 1. The van der Waals surface area contributed by atoms with Crippen molar-refractivity contribution in [1.29, 1.82) is 0 Å². The first-order valence-corrected chi connectivity index (χ1v) is 10.2. The number of rotatable bonds is 4. The minimum Gasteiger partial charge on any atom is -0.493 e. The Morgan fingerprint density at radius 2 is 2.00 bits per heavy atom. The monoisotopic (exact) mass is 385 g/mol. The molecule has 3 aliphatic rings. The van der Waals surface area contributed by atoms with Crippen molar-refractivity contribution >= 4 is 17.8 Å². The third kappa shape index (κ3) is 3.02. The maximum atomic E-state index is 13.3. The fourth-order valence-electron chi connectivity index (χ4n) is 4.77. The van der Waals surface area contributed by atoms with Crippen LogP contribution < -0.4 is 10.1 Å². The Bertz CT molecular complexity index is 790. The van der Waals surface area contributed by atoms with Gasteiger partial charge in [0.05, 0.1) is 6.61 Å². The molecule has 0 bridgehead atoms. The summed E-state index contributed by atoms with van der Waals surface area (Å²) in [5.41, 5.74) is -0.470. The predicted octanol–water partition coefficient (Wildman–Crippen LogP) is 2.40. The van der Waals surface area contributed by atoms with Crippen molar-refractivity contribution in [3.8, 4) is 5.75 Å². The van der Waals surface area contributed by atoms with Gasteiger partial charge < -0.3 is 15.0 Å². The molecule has 7 nitrogen and oxygen atoms in total. The fourth-order valence-corrected chi connectivity index (χ4v) is 4.77. The standard InChI is InChI=1S/C21H27N3O4/c1-2-23(15-8-4-3-5-9-15)18(25)14-24-19(26)21(22-20(24)27)12-13-28-17-11-7-6-10-16(17)21/h6-7,10-11,15H,2-5,8-9,12-14H2,1H3,(H,22,27). The minimum absolute atomic E-state index is 0.157. The Morgan fingerprint density at radius 3 is 2.75 bits per heavy atom. The predicted molar refractivity (Wildman–Crippen MR) is 103 cm³/mol. The second-order valence-corrected chi connectivity index (χ2v) is 7.79. The van der Waals surface area contributed by atoms with Gasteiger partial charge in [0, 0.05) is 24.6 Å². The molecule has 1 saturated carbocycles. The molecule has 0 radical (unpaired) electrons. The number of benzene rings is 1. The zero-order valence-electron chi connectivity index (χ0n) is 16.3. The van der Waals surface area contributed by atoms with E-state index in [4.69, 9.17) is 4.74 Å². The molecule has 1 aliphatic carbocycles. The molecule has 2 heterocycles. The Balaban J connectivity index is 1.54. The van der Waals surface area contributed by atoms with Crippen LogP contribution in [0, 0.1) is 0 Å². The second-order valence-electron chi connectivity index (χ2n) is 7.79. The molecular formula is C21H27N3O4. The van der Waals surface area contributed by atoms with E-state index < -0.39 is 11.6 Å². The quantitative estimate of drug-likeness (QED) is 0.808. The van der Waals surface area contributed by atoms with E-state index in [-0.39, 0.29) is 24.4 Å². The van der Waals surface area contributed by atoms with Crippen molar-refractivity contribution < 1.29 is 19.1 Å². The number of likely N-dealkylation sites (N-methyl/N-ethyl adjacent to an activating group) is 1. The molecule has 1 saturated heterocycles. The molecule has 2 fully saturated rings. The van der Waals surface area contributed by atoms with E-state index in [0.29, 0.717) is 30.9 Å². The highest BCUT2D eigenvalue weighted by Crippen LogP contribution is 2.41. The zero-order valence-corrected chi connectivity index (χ0v) is 16.3. The van der Waals surface area contributed by atoms with Crippen molar-refractivity contribution in [3.63, 3.8) is 0 Å². The average Bonchev–Trinajstić information content (AvgIpc) is 2.94. The van der Waals surface area contributed by atoms with Gasteiger partial charge in [-0.2, -0.15) is 0 Å². The molecule has 1 aromatic carbocycles. The molecule has 1 spiro atoms. The van der Waals surface area contributed by atoms with Gasteiger partial charge in [-0.25, -0.2) is 4.79 Å². The lowest BCUT2D eigenvalue weighted by molar-refractivity contribution is -0.141. The molecule has 1 N–H and O–H groups in total. The number of ether oxygens (including phenoxy) is 1. The molecule has 1 atom stereocenters. The molecule has 1 unspecified atom stereocenters. The molecular weight excluding hydrogens is 358 g/mol. The number of imide groups is 1. The number of carbonyl (C=O) groups excluding carboxylic acids is 3. The number of para-hydroxylation sites is 1. The van der Waals surface area contributed by atoms with Crippen LogP contribution in [0.2, 0.25) is 0 Å². The van der Waals surface area contributed by atoms with Gasteiger partial charge in [-0.3, -0.25) is 14.5 Å². The van der Waals surface area contributed by atoms with E-state index in [9.17, 15) is 14.4 Å². The third-order valence-corrected chi connectivity index (χ3v) is 6.23. The average molecular weight is 385 g/mol. The van der Waals surface area contributed by atoms with Crippen LogP contribution in [-0.2, 0) is 15.1 Å². The van der Waals surface area contributed by atoms with Gasteiger partial charge in [0.25, 0.3) is 5.91 Å². The lowest BCUT2D eigenvalue weighted by Gasteiger charge is -2.35. The molecule has 2 aliphatic heterocycles. The number of nitrogens with zero attached hydrogens (tertiary/aromatic N) is 2. The molecule has 0 aromatic heterocycles. The van der Waals surface area contributed by atoms with Crippen LogP contribution in [0.15, 0.2) is 24.3 Å². The highest BCUT2D eigenvalue weighted by Gasteiger charge is 2.55. The lowest BCUT2D eigenvalue weighted by atomic mass is 9.84. The number of nitrogens with one attached hydrogen (secondary N) is 1. The summed E-state index contributed by atoms with van der Waals surface area (Å²) < 4.78 is 5.65. The summed E-state index contributed by atoms with van der Waals surface area (Å²) in [7, 11) is 0. The topological polar surface area (TPSA) is 79.0 Å². The Morgan fingerprint density at radius 1 is 1.25 bits per heavy atom. The van der Waals surface area contributed by atoms with Gasteiger partial charge in [0.1, 0.15) is 12.3 Å². The summed E-state index contributed by atoms with van der Waals surface area (Å²) >= 11 is 0. The molecule has 150 valence electrons. The van der Waals surface area contributed by atoms with Crippen LogP contribution in [0.25, 0.3) is 0 Å². The van der Waals surface area contributed by atoms with Crippen LogP contribution in [0.1, 0.15) is 51.0 Å². The highest BCUT2D eigenvalue weighted by molar-refractivity contribution is 6.09. The van der Waals surface area contributed by atoms with Crippen LogP contribution in [0.4, 0.5) is 4.79 Å². The molecule has 1 aromatic rings. The van der Waals surface area contributed by atoms with E-state index in [1.165, 1.54) is 6.42 Å². The maximum absolute atomic E-state index is 13.3. The van der Waals surface area contributed by atoms with E-state index in [1.807, 2.05) is 24.0 Å².